The maximum Gasteiger partial charge on any atom is 0.120 e. The molecule has 0 amide bonds. The lowest BCUT2D eigenvalue weighted by molar-refractivity contribution is 0.116. The Balaban J connectivity index is 1.90. The Labute approximate surface area is 90.5 Å². The molecule has 2 atom stereocenters. The third kappa shape index (κ3) is 2.30. The highest BCUT2D eigenvalue weighted by atomic mass is 16.5. The minimum atomic E-state index is 0.661. The predicted molar refractivity (Wildman–Crippen MR) is 58.5 cm³/mol. The molecule has 2 nitrogen and oxygen atoms in total. The molecule has 0 radical (unpaired) electrons. The molecule has 1 aliphatic rings. The van der Waals surface area contributed by atoms with Crippen LogP contribution in [0.3, 0.4) is 0 Å². The Bertz CT molecular complexity index is 380. The minimum Gasteiger partial charge on any atom is -0.493 e. The summed E-state index contributed by atoms with van der Waals surface area (Å²) in [5.41, 5.74) is 0.661. The molecule has 1 aromatic rings. The van der Waals surface area contributed by atoms with Gasteiger partial charge in [-0.25, -0.2) is 0 Å². The third-order valence-electron chi connectivity index (χ3n) is 3.22. The fourth-order valence-corrected chi connectivity index (χ4v) is 1.84. The van der Waals surface area contributed by atoms with Gasteiger partial charge in [-0.2, -0.15) is 5.26 Å². The highest BCUT2D eigenvalue weighted by Crippen LogP contribution is 2.33. The topological polar surface area (TPSA) is 33.0 Å². The minimum absolute atomic E-state index is 0.661. The lowest BCUT2D eigenvalue weighted by Gasteiger charge is -2.33. The van der Waals surface area contributed by atoms with E-state index in [0.29, 0.717) is 11.5 Å². The van der Waals surface area contributed by atoms with Crippen molar-refractivity contribution in [2.75, 3.05) is 6.61 Å². The quantitative estimate of drug-likeness (QED) is 0.753. The number of hydrogen-bond donors (Lipinski definition) is 0. The Morgan fingerprint density at radius 1 is 1.47 bits per heavy atom. The Morgan fingerprint density at radius 3 is 2.93 bits per heavy atom. The number of rotatable bonds is 3. The van der Waals surface area contributed by atoms with Gasteiger partial charge < -0.3 is 4.74 Å². The van der Waals surface area contributed by atoms with Crippen LogP contribution in [0.25, 0.3) is 0 Å². The zero-order chi connectivity index (χ0) is 10.7. The van der Waals surface area contributed by atoms with Crippen LogP contribution in [0.5, 0.6) is 5.75 Å². The first-order chi connectivity index (χ1) is 7.29. The molecule has 78 valence electrons. The third-order valence-corrected chi connectivity index (χ3v) is 3.22. The molecule has 0 spiro atoms. The van der Waals surface area contributed by atoms with Crippen LogP contribution >= 0.6 is 0 Å². The Hall–Kier alpha value is -1.49. The second-order valence-corrected chi connectivity index (χ2v) is 4.27. The van der Waals surface area contributed by atoms with Gasteiger partial charge in [-0.05, 0) is 42.9 Å². The number of nitrogens with zero attached hydrogens (tertiary/aromatic N) is 1. The van der Waals surface area contributed by atoms with Crippen LogP contribution < -0.4 is 4.74 Å². The lowest BCUT2D eigenvalue weighted by atomic mass is 9.75. The second-order valence-electron chi connectivity index (χ2n) is 4.27. The molecule has 2 heteroatoms. The van der Waals surface area contributed by atoms with E-state index in [1.165, 1.54) is 12.8 Å². The van der Waals surface area contributed by atoms with Gasteiger partial charge in [0.25, 0.3) is 0 Å². The molecule has 0 N–H and O–H groups in total. The van der Waals surface area contributed by atoms with Crippen LogP contribution in [0, 0.1) is 23.2 Å². The SMILES string of the molecule is CC1CCC1COc1cccc(C#N)c1. The van der Waals surface area contributed by atoms with Crippen LogP contribution in [-0.2, 0) is 0 Å². The van der Waals surface area contributed by atoms with Crippen LogP contribution in [0.15, 0.2) is 24.3 Å². The van der Waals surface area contributed by atoms with Crippen molar-refractivity contribution in [3.63, 3.8) is 0 Å². The number of hydrogen-bond acceptors (Lipinski definition) is 2. The van der Waals surface area contributed by atoms with Crippen molar-refractivity contribution in [2.45, 2.75) is 19.8 Å². The van der Waals surface area contributed by atoms with E-state index in [1.54, 1.807) is 12.1 Å². The van der Waals surface area contributed by atoms with E-state index < -0.39 is 0 Å². The fraction of sp³-hybridized carbons (Fsp3) is 0.462. The highest BCUT2D eigenvalue weighted by molar-refractivity contribution is 5.36. The van der Waals surface area contributed by atoms with E-state index in [9.17, 15) is 0 Å². The molecule has 2 rings (SSSR count). The summed E-state index contributed by atoms with van der Waals surface area (Å²) in [7, 11) is 0. The summed E-state index contributed by atoms with van der Waals surface area (Å²) < 4.78 is 5.67. The molecule has 0 heterocycles. The molecule has 1 fully saturated rings. The van der Waals surface area contributed by atoms with Gasteiger partial charge in [-0.1, -0.05) is 13.0 Å². The maximum absolute atomic E-state index is 8.73. The van der Waals surface area contributed by atoms with Crippen molar-refractivity contribution in [3.05, 3.63) is 29.8 Å². The standard InChI is InChI=1S/C13H15NO/c1-10-5-6-12(10)9-15-13-4-2-3-11(7-13)8-14/h2-4,7,10,12H,5-6,9H2,1H3. The van der Waals surface area contributed by atoms with Crippen LogP contribution in [0.4, 0.5) is 0 Å². The zero-order valence-corrected chi connectivity index (χ0v) is 8.94. The first-order valence-electron chi connectivity index (χ1n) is 5.42. The molecule has 2 unspecified atom stereocenters. The van der Waals surface area contributed by atoms with E-state index in [0.717, 1.165) is 18.3 Å². The molecule has 1 aliphatic carbocycles. The van der Waals surface area contributed by atoms with E-state index in [-0.39, 0.29) is 0 Å². The average Bonchev–Trinajstić information content (AvgIpc) is 2.27. The lowest BCUT2D eigenvalue weighted by Crippen LogP contribution is -2.28. The molecule has 0 aromatic heterocycles. The van der Waals surface area contributed by atoms with Gasteiger partial charge >= 0.3 is 0 Å². The van der Waals surface area contributed by atoms with Crippen molar-refractivity contribution in [2.24, 2.45) is 11.8 Å². The summed E-state index contributed by atoms with van der Waals surface area (Å²) in [4.78, 5) is 0. The Kier molecular flexibility index (Phi) is 2.91. The van der Waals surface area contributed by atoms with Crippen molar-refractivity contribution in [1.29, 1.82) is 5.26 Å². The smallest absolute Gasteiger partial charge is 0.120 e. The summed E-state index contributed by atoms with van der Waals surface area (Å²) in [5.74, 6) is 2.31. The summed E-state index contributed by atoms with van der Waals surface area (Å²) in [6.45, 7) is 3.05. The summed E-state index contributed by atoms with van der Waals surface area (Å²) in [5, 5.41) is 8.73. The molecular weight excluding hydrogens is 186 g/mol. The van der Waals surface area contributed by atoms with Crippen molar-refractivity contribution in [3.8, 4) is 11.8 Å². The van der Waals surface area contributed by atoms with Crippen LogP contribution in [0.1, 0.15) is 25.3 Å². The first-order valence-corrected chi connectivity index (χ1v) is 5.42. The molecule has 0 saturated heterocycles. The predicted octanol–water partition coefficient (Wildman–Crippen LogP) is 2.98. The van der Waals surface area contributed by atoms with Gasteiger partial charge in [0.2, 0.25) is 0 Å². The first kappa shape index (κ1) is 10.0. The van der Waals surface area contributed by atoms with Gasteiger partial charge in [-0.15, -0.1) is 0 Å². The van der Waals surface area contributed by atoms with Gasteiger partial charge in [0, 0.05) is 0 Å². The summed E-state index contributed by atoms with van der Waals surface area (Å²) >= 11 is 0. The molecule has 0 aliphatic heterocycles. The maximum atomic E-state index is 8.73. The van der Waals surface area contributed by atoms with Crippen molar-refractivity contribution < 1.29 is 4.74 Å². The average molecular weight is 201 g/mol. The number of nitriles is 1. The zero-order valence-electron chi connectivity index (χ0n) is 8.94. The Morgan fingerprint density at radius 2 is 2.33 bits per heavy atom. The van der Waals surface area contributed by atoms with Gasteiger partial charge in [0.05, 0.1) is 18.2 Å². The van der Waals surface area contributed by atoms with E-state index in [2.05, 4.69) is 13.0 Å². The van der Waals surface area contributed by atoms with Crippen molar-refractivity contribution in [1.82, 2.24) is 0 Å². The fourth-order valence-electron chi connectivity index (χ4n) is 1.84. The molecular formula is C13H15NO. The summed E-state index contributed by atoms with van der Waals surface area (Å²) in [6.07, 6.45) is 2.60. The van der Waals surface area contributed by atoms with E-state index in [4.69, 9.17) is 10.00 Å². The second kappa shape index (κ2) is 4.35. The van der Waals surface area contributed by atoms with E-state index in [1.807, 2.05) is 12.1 Å². The normalized spacial score (nSPS) is 24.0. The largest absolute Gasteiger partial charge is 0.493 e. The number of benzene rings is 1. The van der Waals surface area contributed by atoms with Gasteiger partial charge in [0.15, 0.2) is 0 Å². The molecule has 15 heavy (non-hydrogen) atoms. The molecule has 1 aromatic carbocycles. The van der Waals surface area contributed by atoms with Gasteiger partial charge in [0.1, 0.15) is 5.75 Å². The van der Waals surface area contributed by atoms with Crippen LogP contribution in [0.2, 0.25) is 0 Å². The number of ether oxygens (including phenoxy) is 1. The van der Waals surface area contributed by atoms with E-state index >= 15 is 0 Å². The molecule has 0 bridgehead atoms. The van der Waals surface area contributed by atoms with Crippen molar-refractivity contribution >= 4 is 0 Å². The van der Waals surface area contributed by atoms with Crippen LogP contribution in [-0.4, -0.2) is 6.61 Å². The molecule has 1 saturated carbocycles. The van der Waals surface area contributed by atoms with Gasteiger partial charge in [-0.3, -0.25) is 0 Å². The summed E-state index contributed by atoms with van der Waals surface area (Å²) in [6, 6.07) is 9.46. The monoisotopic (exact) mass is 201 g/mol. The highest BCUT2D eigenvalue weighted by Gasteiger charge is 2.26.